The lowest BCUT2D eigenvalue weighted by Gasteiger charge is -2.34. The van der Waals surface area contributed by atoms with Crippen LogP contribution in [-0.2, 0) is 4.74 Å². The van der Waals surface area contributed by atoms with Crippen molar-refractivity contribution in [1.82, 2.24) is 4.90 Å². The smallest absolute Gasteiger partial charge is 0.0931 e. The first-order valence-electron chi connectivity index (χ1n) is 7.53. The molecule has 0 bridgehead atoms. The van der Waals surface area contributed by atoms with Gasteiger partial charge in [-0.15, -0.1) is 0 Å². The van der Waals surface area contributed by atoms with Gasteiger partial charge in [0, 0.05) is 35.3 Å². The van der Waals surface area contributed by atoms with Gasteiger partial charge in [0.05, 0.1) is 12.7 Å². The maximum atomic E-state index is 10.4. The summed E-state index contributed by atoms with van der Waals surface area (Å²) in [5.74, 6) is 0.562. The zero-order chi connectivity index (χ0) is 15.2. The summed E-state index contributed by atoms with van der Waals surface area (Å²) in [4.78, 5) is 2.29. The van der Waals surface area contributed by atoms with E-state index in [9.17, 15) is 5.11 Å². The van der Waals surface area contributed by atoms with Crippen LogP contribution in [0.15, 0.2) is 18.2 Å². The van der Waals surface area contributed by atoms with Crippen molar-refractivity contribution in [1.29, 1.82) is 0 Å². The van der Waals surface area contributed by atoms with Crippen molar-refractivity contribution < 1.29 is 9.84 Å². The van der Waals surface area contributed by atoms with Gasteiger partial charge in [0.2, 0.25) is 0 Å². The summed E-state index contributed by atoms with van der Waals surface area (Å²) in [7, 11) is 0. The van der Waals surface area contributed by atoms with E-state index in [0.29, 0.717) is 22.5 Å². The summed E-state index contributed by atoms with van der Waals surface area (Å²) in [5.41, 5.74) is 0.744. The first kappa shape index (κ1) is 17.0. The summed E-state index contributed by atoms with van der Waals surface area (Å²) in [6.07, 6.45) is 1.77. The second-order valence-corrected chi connectivity index (χ2v) is 6.45. The molecule has 0 aliphatic carbocycles. The number of halogens is 2. The molecule has 3 nitrogen and oxygen atoms in total. The van der Waals surface area contributed by atoms with Gasteiger partial charge in [-0.05, 0) is 44.4 Å². The van der Waals surface area contributed by atoms with Gasteiger partial charge in [0.1, 0.15) is 0 Å². The van der Waals surface area contributed by atoms with E-state index in [1.165, 1.54) is 6.42 Å². The average molecular weight is 332 g/mol. The van der Waals surface area contributed by atoms with Crippen molar-refractivity contribution in [2.75, 3.05) is 32.8 Å². The van der Waals surface area contributed by atoms with E-state index in [1.807, 2.05) is 6.92 Å². The van der Waals surface area contributed by atoms with Crippen LogP contribution in [0.5, 0.6) is 0 Å². The minimum atomic E-state index is -0.583. The van der Waals surface area contributed by atoms with Crippen molar-refractivity contribution in [2.24, 2.45) is 5.92 Å². The van der Waals surface area contributed by atoms with E-state index in [0.717, 1.165) is 38.3 Å². The average Bonchev–Trinajstić information content (AvgIpc) is 2.45. The number of piperidine rings is 1. The van der Waals surface area contributed by atoms with E-state index in [1.54, 1.807) is 18.2 Å². The Labute approximate surface area is 136 Å². The molecule has 1 fully saturated rings. The third kappa shape index (κ3) is 5.11. The van der Waals surface area contributed by atoms with Crippen molar-refractivity contribution in [3.8, 4) is 0 Å². The van der Waals surface area contributed by atoms with Crippen molar-refractivity contribution >= 4 is 23.2 Å². The molecule has 1 heterocycles. The molecule has 0 aromatic heterocycles. The number of aliphatic hydroxyl groups excluding tert-OH is 1. The van der Waals surface area contributed by atoms with Crippen LogP contribution in [0.3, 0.4) is 0 Å². The van der Waals surface area contributed by atoms with Crippen molar-refractivity contribution in [3.05, 3.63) is 33.8 Å². The Morgan fingerprint density at radius 2 is 2.24 bits per heavy atom. The lowest BCUT2D eigenvalue weighted by Crippen LogP contribution is -2.39. The van der Waals surface area contributed by atoms with Gasteiger partial charge in [0.15, 0.2) is 0 Å². The number of nitrogens with zero attached hydrogens (tertiary/aromatic N) is 1. The Morgan fingerprint density at radius 1 is 1.43 bits per heavy atom. The molecule has 0 spiro atoms. The van der Waals surface area contributed by atoms with Crippen LogP contribution in [0.25, 0.3) is 0 Å². The first-order valence-corrected chi connectivity index (χ1v) is 8.28. The quantitative estimate of drug-likeness (QED) is 0.861. The van der Waals surface area contributed by atoms with Gasteiger partial charge in [-0.25, -0.2) is 0 Å². The maximum absolute atomic E-state index is 10.4. The number of rotatable bonds is 6. The Morgan fingerprint density at radius 3 is 2.95 bits per heavy atom. The lowest BCUT2D eigenvalue weighted by atomic mass is 9.98. The molecule has 0 saturated carbocycles. The van der Waals surface area contributed by atoms with Crippen LogP contribution in [0.2, 0.25) is 10.0 Å². The third-order valence-corrected chi connectivity index (χ3v) is 4.48. The van der Waals surface area contributed by atoms with Gasteiger partial charge >= 0.3 is 0 Å². The Kier molecular flexibility index (Phi) is 6.77. The fourth-order valence-electron chi connectivity index (χ4n) is 2.85. The minimum Gasteiger partial charge on any atom is -0.387 e. The number of hydrogen-bond donors (Lipinski definition) is 1. The van der Waals surface area contributed by atoms with Gasteiger partial charge < -0.3 is 14.7 Å². The normalized spacial score (nSPS) is 21.4. The number of benzene rings is 1. The van der Waals surface area contributed by atoms with Crippen LogP contribution in [-0.4, -0.2) is 42.9 Å². The van der Waals surface area contributed by atoms with Crippen LogP contribution in [0.4, 0.5) is 0 Å². The summed E-state index contributed by atoms with van der Waals surface area (Å²) in [6, 6.07) is 5.24. The number of aliphatic hydroxyl groups is 1. The van der Waals surface area contributed by atoms with Crippen molar-refractivity contribution in [3.63, 3.8) is 0 Å². The van der Waals surface area contributed by atoms with Crippen LogP contribution >= 0.6 is 23.2 Å². The lowest BCUT2D eigenvalue weighted by molar-refractivity contribution is 0.0442. The molecule has 1 aliphatic rings. The number of hydrogen-bond acceptors (Lipinski definition) is 3. The van der Waals surface area contributed by atoms with Gasteiger partial charge in [-0.2, -0.15) is 0 Å². The number of likely N-dealkylation sites (tertiary alicyclic amines) is 1. The van der Waals surface area contributed by atoms with E-state index in [4.69, 9.17) is 27.9 Å². The molecule has 0 amide bonds. The second kappa shape index (κ2) is 8.35. The van der Waals surface area contributed by atoms with E-state index in [-0.39, 0.29) is 0 Å². The molecule has 2 rings (SSSR count). The Balaban J connectivity index is 1.90. The molecule has 118 valence electrons. The highest BCUT2D eigenvalue weighted by Gasteiger charge is 2.23. The fourth-order valence-corrected chi connectivity index (χ4v) is 3.39. The summed E-state index contributed by atoms with van der Waals surface area (Å²) in [6.45, 7) is 6.19. The molecule has 21 heavy (non-hydrogen) atoms. The van der Waals surface area contributed by atoms with E-state index >= 15 is 0 Å². The predicted molar refractivity (Wildman–Crippen MR) is 87.1 cm³/mol. The second-order valence-electron chi connectivity index (χ2n) is 5.61. The molecular weight excluding hydrogens is 309 g/mol. The SMILES string of the molecule is CCOCC1CCCN(CC(O)c2ccc(Cl)cc2Cl)C1. The number of β-amino-alcohol motifs (C(OH)–C–C–N with tert-alkyl or cyclic N) is 1. The first-order chi connectivity index (χ1) is 10.1. The monoisotopic (exact) mass is 331 g/mol. The number of ether oxygens (including phenoxy) is 1. The standard InChI is InChI=1S/C16H23Cl2NO2/c1-2-21-11-12-4-3-7-19(9-12)10-16(20)14-6-5-13(17)8-15(14)18/h5-6,8,12,16,20H,2-4,7,9-11H2,1H3. The molecule has 5 heteroatoms. The highest BCUT2D eigenvalue weighted by atomic mass is 35.5. The van der Waals surface area contributed by atoms with E-state index < -0.39 is 6.10 Å². The molecule has 2 unspecified atom stereocenters. The van der Waals surface area contributed by atoms with Gasteiger partial charge in [-0.1, -0.05) is 29.3 Å². The van der Waals surface area contributed by atoms with Crippen LogP contribution in [0.1, 0.15) is 31.4 Å². The van der Waals surface area contributed by atoms with Gasteiger partial charge in [-0.3, -0.25) is 0 Å². The Hall–Kier alpha value is -0.320. The van der Waals surface area contributed by atoms with Crippen molar-refractivity contribution in [2.45, 2.75) is 25.9 Å². The molecular formula is C16H23Cl2NO2. The zero-order valence-corrected chi connectivity index (χ0v) is 13.9. The van der Waals surface area contributed by atoms with Crippen LogP contribution in [0, 0.1) is 5.92 Å². The zero-order valence-electron chi connectivity index (χ0n) is 12.4. The van der Waals surface area contributed by atoms with E-state index in [2.05, 4.69) is 4.90 Å². The predicted octanol–water partition coefficient (Wildman–Crippen LogP) is 3.78. The molecule has 1 aromatic carbocycles. The third-order valence-electron chi connectivity index (χ3n) is 3.91. The molecule has 2 atom stereocenters. The molecule has 1 saturated heterocycles. The summed E-state index contributed by atoms with van der Waals surface area (Å²) >= 11 is 12.0. The topological polar surface area (TPSA) is 32.7 Å². The largest absolute Gasteiger partial charge is 0.387 e. The molecule has 1 aliphatic heterocycles. The Bertz CT molecular complexity index is 456. The molecule has 1 N–H and O–H groups in total. The van der Waals surface area contributed by atoms with Gasteiger partial charge in [0.25, 0.3) is 0 Å². The summed E-state index contributed by atoms with van der Waals surface area (Å²) < 4.78 is 5.52. The fraction of sp³-hybridized carbons (Fsp3) is 0.625. The summed E-state index contributed by atoms with van der Waals surface area (Å²) in [5, 5.41) is 11.5. The maximum Gasteiger partial charge on any atom is 0.0931 e. The highest BCUT2D eigenvalue weighted by Crippen LogP contribution is 2.28. The van der Waals surface area contributed by atoms with Crippen LogP contribution < -0.4 is 0 Å². The molecule has 0 radical (unpaired) electrons. The molecule has 1 aromatic rings. The minimum absolute atomic E-state index is 0.526. The highest BCUT2D eigenvalue weighted by molar-refractivity contribution is 6.35.